The monoisotopic (exact) mass is 371 g/mol. The highest BCUT2D eigenvalue weighted by Gasteiger charge is 2.34. The number of fused-ring (bicyclic) bond motifs is 1. The van der Waals surface area contributed by atoms with Gasteiger partial charge in [0.05, 0.1) is 12.1 Å². The van der Waals surface area contributed by atoms with Gasteiger partial charge in [0.25, 0.3) is 10.0 Å². The van der Waals surface area contributed by atoms with E-state index in [2.05, 4.69) is 10.3 Å². The average molecular weight is 371 g/mol. The highest BCUT2D eigenvalue weighted by Crippen LogP contribution is 2.33. The Bertz CT molecular complexity index is 924. The Balaban J connectivity index is 1.89. The number of unbranched alkanes of at least 4 members (excludes halogenated alkanes) is 1. The zero-order valence-electron chi connectivity index (χ0n) is 14.6. The molecule has 1 heterocycles. The maximum Gasteiger partial charge on any atom is 0.267 e. The summed E-state index contributed by atoms with van der Waals surface area (Å²) in [6.45, 7) is 2.30. The summed E-state index contributed by atoms with van der Waals surface area (Å²) < 4.78 is 27.2. The van der Waals surface area contributed by atoms with Gasteiger partial charge in [0.1, 0.15) is 10.7 Å². The number of carbonyl (C=O) groups is 1. The standard InChI is InChI=1S/C19H21N3O3S/c1-2-3-13-22-18(14-19(23)20-15-9-5-4-6-10-15)21-16-11-7-8-12-17(16)26(22,24)25/h4-12H,2-3,13-14H2,1H3,(H,20,23). The van der Waals surface area contributed by atoms with Gasteiger partial charge in [-0.2, -0.15) is 0 Å². The van der Waals surface area contributed by atoms with Crippen LogP contribution in [0.25, 0.3) is 0 Å². The van der Waals surface area contributed by atoms with E-state index in [0.717, 1.165) is 6.42 Å². The lowest BCUT2D eigenvalue weighted by atomic mass is 10.2. The van der Waals surface area contributed by atoms with Crippen LogP contribution in [-0.4, -0.2) is 31.0 Å². The van der Waals surface area contributed by atoms with Crippen LogP contribution in [0.3, 0.4) is 0 Å². The second kappa shape index (κ2) is 7.70. The predicted molar refractivity (Wildman–Crippen MR) is 102 cm³/mol. The molecular weight excluding hydrogens is 350 g/mol. The third-order valence-corrected chi connectivity index (χ3v) is 5.94. The van der Waals surface area contributed by atoms with Crippen LogP contribution >= 0.6 is 0 Å². The Kier molecular flexibility index (Phi) is 5.37. The molecule has 0 radical (unpaired) electrons. The molecule has 2 aromatic carbocycles. The highest BCUT2D eigenvalue weighted by molar-refractivity contribution is 7.90. The summed E-state index contributed by atoms with van der Waals surface area (Å²) in [5, 5.41) is 2.78. The van der Waals surface area contributed by atoms with E-state index in [1.807, 2.05) is 25.1 Å². The molecule has 0 aliphatic carbocycles. The first-order chi connectivity index (χ1) is 12.5. The SMILES string of the molecule is CCCCN1C(CC(=O)Nc2ccccc2)=Nc2ccccc2S1(=O)=O. The third-order valence-electron chi connectivity index (χ3n) is 4.06. The van der Waals surface area contributed by atoms with E-state index in [-0.39, 0.29) is 23.1 Å². The van der Waals surface area contributed by atoms with Crippen LogP contribution in [-0.2, 0) is 14.8 Å². The molecule has 2 aromatic rings. The van der Waals surface area contributed by atoms with Gasteiger partial charge in [-0.15, -0.1) is 0 Å². The Hall–Kier alpha value is -2.67. The zero-order valence-corrected chi connectivity index (χ0v) is 15.4. The van der Waals surface area contributed by atoms with Crippen LogP contribution < -0.4 is 5.32 Å². The zero-order chi connectivity index (χ0) is 18.6. The van der Waals surface area contributed by atoms with Gasteiger partial charge in [0, 0.05) is 12.2 Å². The van der Waals surface area contributed by atoms with Crippen molar-refractivity contribution in [2.75, 3.05) is 11.9 Å². The summed E-state index contributed by atoms with van der Waals surface area (Å²) in [5.41, 5.74) is 1.04. The lowest BCUT2D eigenvalue weighted by molar-refractivity contribution is -0.115. The van der Waals surface area contributed by atoms with Crippen molar-refractivity contribution in [3.05, 3.63) is 54.6 Å². The molecule has 1 N–H and O–H groups in total. The number of carbonyl (C=O) groups excluding carboxylic acids is 1. The molecule has 0 unspecified atom stereocenters. The molecule has 26 heavy (non-hydrogen) atoms. The molecule has 0 atom stereocenters. The normalized spacial score (nSPS) is 15.1. The number of amidine groups is 1. The smallest absolute Gasteiger partial charge is 0.267 e. The van der Waals surface area contributed by atoms with Gasteiger partial charge in [0.15, 0.2) is 0 Å². The number of benzene rings is 2. The third kappa shape index (κ3) is 3.77. The van der Waals surface area contributed by atoms with Gasteiger partial charge in [-0.25, -0.2) is 13.4 Å². The summed E-state index contributed by atoms with van der Waals surface area (Å²) in [6.07, 6.45) is 1.43. The van der Waals surface area contributed by atoms with Crippen molar-refractivity contribution in [3.63, 3.8) is 0 Å². The van der Waals surface area contributed by atoms with Gasteiger partial charge < -0.3 is 5.32 Å². The average Bonchev–Trinajstić information content (AvgIpc) is 2.62. The number of hydrogen-bond acceptors (Lipinski definition) is 4. The number of para-hydroxylation sites is 2. The minimum atomic E-state index is -3.70. The molecule has 7 heteroatoms. The summed E-state index contributed by atoms with van der Waals surface area (Å²) in [5.74, 6) is -0.0448. The summed E-state index contributed by atoms with van der Waals surface area (Å²) in [6, 6.07) is 15.7. The van der Waals surface area contributed by atoms with E-state index in [1.165, 1.54) is 4.31 Å². The Morgan fingerprint density at radius 2 is 1.77 bits per heavy atom. The van der Waals surface area contributed by atoms with Gasteiger partial charge in [-0.1, -0.05) is 43.7 Å². The van der Waals surface area contributed by atoms with Crippen molar-refractivity contribution in [2.45, 2.75) is 31.1 Å². The molecule has 0 fully saturated rings. The van der Waals surface area contributed by atoms with E-state index in [4.69, 9.17) is 0 Å². The number of anilines is 1. The fourth-order valence-electron chi connectivity index (χ4n) is 2.77. The van der Waals surface area contributed by atoms with Crippen molar-refractivity contribution in [2.24, 2.45) is 4.99 Å². The summed E-state index contributed by atoms with van der Waals surface area (Å²) in [4.78, 5) is 17.1. The van der Waals surface area contributed by atoms with Crippen molar-refractivity contribution in [1.29, 1.82) is 0 Å². The van der Waals surface area contributed by atoms with E-state index in [0.29, 0.717) is 24.3 Å². The first-order valence-electron chi connectivity index (χ1n) is 8.56. The number of rotatable bonds is 6. The largest absolute Gasteiger partial charge is 0.326 e. The molecule has 0 saturated heterocycles. The highest BCUT2D eigenvalue weighted by atomic mass is 32.2. The second-order valence-electron chi connectivity index (χ2n) is 6.02. The maximum atomic E-state index is 13.0. The number of hydrogen-bond donors (Lipinski definition) is 1. The Labute approximate surface area is 153 Å². The lowest BCUT2D eigenvalue weighted by Crippen LogP contribution is -2.41. The molecule has 0 bridgehead atoms. The van der Waals surface area contributed by atoms with Gasteiger partial charge >= 0.3 is 0 Å². The van der Waals surface area contributed by atoms with Crippen molar-refractivity contribution < 1.29 is 13.2 Å². The molecular formula is C19H21N3O3S. The summed E-state index contributed by atoms with van der Waals surface area (Å²) >= 11 is 0. The number of aliphatic imine (C=N–C) groups is 1. The van der Waals surface area contributed by atoms with E-state index in [1.54, 1.807) is 36.4 Å². The van der Waals surface area contributed by atoms with Crippen molar-refractivity contribution >= 4 is 33.1 Å². The van der Waals surface area contributed by atoms with Crippen LogP contribution in [0.4, 0.5) is 11.4 Å². The minimum absolute atomic E-state index is 0.105. The molecule has 136 valence electrons. The molecule has 6 nitrogen and oxygen atoms in total. The van der Waals surface area contributed by atoms with E-state index < -0.39 is 10.0 Å². The van der Waals surface area contributed by atoms with Crippen LogP contribution in [0, 0.1) is 0 Å². The first-order valence-corrected chi connectivity index (χ1v) is 10.0. The van der Waals surface area contributed by atoms with Gasteiger partial charge in [-0.05, 0) is 30.7 Å². The molecule has 1 aliphatic rings. The number of nitrogens with zero attached hydrogens (tertiary/aromatic N) is 2. The topological polar surface area (TPSA) is 78.8 Å². The quantitative estimate of drug-likeness (QED) is 0.843. The Morgan fingerprint density at radius 3 is 2.50 bits per heavy atom. The first kappa shape index (κ1) is 18.1. The fraction of sp³-hybridized carbons (Fsp3) is 0.263. The molecule has 1 amide bonds. The number of nitrogens with one attached hydrogen (secondary N) is 1. The molecule has 0 saturated carbocycles. The van der Waals surface area contributed by atoms with Crippen LogP contribution in [0.2, 0.25) is 0 Å². The van der Waals surface area contributed by atoms with E-state index in [9.17, 15) is 13.2 Å². The van der Waals surface area contributed by atoms with Crippen LogP contribution in [0.1, 0.15) is 26.2 Å². The second-order valence-corrected chi connectivity index (χ2v) is 7.85. The number of sulfonamides is 1. The molecule has 0 aromatic heterocycles. The van der Waals surface area contributed by atoms with Crippen LogP contribution in [0.15, 0.2) is 64.5 Å². The van der Waals surface area contributed by atoms with E-state index >= 15 is 0 Å². The predicted octanol–water partition coefficient (Wildman–Crippen LogP) is 3.55. The van der Waals surface area contributed by atoms with Crippen molar-refractivity contribution in [1.82, 2.24) is 4.31 Å². The van der Waals surface area contributed by atoms with Gasteiger partial charge in [0.2, 0.25) is 5.91 Å². The molecule has 0 spiro atoms. The Morgan fingerprint density at radius 1 is 1.08 bits per heavy atom. The maximum absolute atomic E-state index is 13.0. The lowest BCUT2D eigenvalue weighted by Gasteiger charge is -2.29. The van der Waals surface area contributed by atoms with Gasteiger partial charge in [-0.3, -0.25) is 9.10 Å². The minimum Gasteiger partial charge on any atom is -0.326 e. The molecule has 1 aliphatic heterocycles. The fourth-order valence-corrected chi connectivity index (χ4v) is 4.39. The summed E-state index contributed by atoms with van der Waals surface area (Å²) in [7, 11) is -3.70. The van der Waals surface area contributed by atoms with Crippen LogP contribution in [0.5, 0.6) is 0 Å². The number of amides is 1. The van der Waals surface area contributed by atoms with Crippen molar-refractivity contribution in [3.8, 4) is 0 Å². The molecule has 3 rings (SSSR count).